The van der Waals surface area contributed by atoms with Crippen LogP contribution in [0, 0.1) is 11.8 Å². The normalized spacial score (nSPS) is 36.7. The number of phenols is 1. The number of nitrogens with zero attached hydrogens (tertiary/aromatic N) is 1. The molecule has 2 aliphatic heterocycles. The highest BCUT2D eigenvalue weighted by atomic mass is 35.5. The molecule has 0 aromatic heterocycles. The van der Waals surface area contributed by atoms with Crippen molar-refractivity contribution in [3.63, 3.8) is 0 Å². The summed E-state index contributed by atoms with van der Waals surface area (Å²) in [7, 11) is 0. The fourth-order valence-electron chi connectivity index (χ4n) is 6.45. The Bertz CT molecular complexity index is 779. The quantitative estimate of drug-likeness (QED) is 0.824. The predicted molar refractivity (Wildman–Crippen MR) is 102 cm³/mol. The number of benzene rings is 1. The molecule has 4 aliphatic rings. The molecule has 26 heavy (non-hydrogen) atoms. The van der Waals surface area contributed by atoms with Crippen molar-refractivity contribution < 1.29 is 14.6 Å². The van der Waals surface area contributed by atoms with Crippen molar-refractivity contribution in [3.05, 3.63) is 35.9 Å². The molecule has 1 saturated heterocycles. The Labute approximate surface area is 160 Å². The maximum atomic E-state index is 13.0. The summed E-state index contributed by atoms with van der Waals surface area (Å²) in [4.78, 5) is 15.5. The molecule has 140 valence electrons. The average Bonchev–Trinajstić information content (AvgIpc) is 2.96. The summed E-state index contributed by atoms with van der Waals surface area (Å²) in [5, 5.41) is 10.4. The molecule has 2 fully saturated rings. The summed E-state index contributed by atoms with van der Waals surface area (Å²) in [5.41, 5.74) is 2.18. The fourth-order valence-corrected chi connectivity index (χ4v) is 6.45. The zero-order chi connectivity index (χ0) is 17.3. The van der Waals surface area contributed by atoms with Crippen LogP contribution in [0.3, 0.4) is 0 Å². The van der Waals surface area contributed by atoms with Crippen LogP contribution in [0.5, 0.6) is 11.5 Å². The van der Waals surface area contributed by atoms with Gasteiger partial charge in [-0.05, 0) is 42.9 Å². The van der Waals surface area contributed by atoms with Crippen LogP contribution in [0.1, 0.15) is 37.3 Å². The maximum absolute atomic E-state index is 13.0. The van der Waals surface area contributed by atoms with E-state index in [0.29, 0.717) is 30.0 Å². The van der Waals surface area contributed by atoms with Crippen molar-refractivity contribution in [2.24, 2.45) is 11.8 Å². The first-order valence-corrected chi connectivity index (χ1v) is 9.51. The van der Waals surface area contributed by atoms with Crippen LogP contribution >= 0.6 is 12.4 Å². The minimum Gasteiger partial charge on any atom is -0.504 e. The number of piperidine rings is 1. The summed E-state index contributed by atoms with van der Waals surface area (Å²) < 4.78 is 6.17. The lowest BCUT2D eigenvalue weighted by Crippen LogP contribution is -2.68. The van der Waals surface area contributed by atoms with E-state index in [4.69, 9.17) is 4.74 Å². The van der Waals surface area contributed by atoms with Gasteiger partial charge in [0.1, 0.15) is 0 Å². The van der Waals surface area contributed by atoms with Gasteiger partial charge in [-0.3, -0.25) is 9.69 Å². The third-order valence-corrected chi connectivity index (χ3v) is 7.26. The molecule has 2 bridgehead atoms. The molecule has 0 radical (unpaired) electrons. The lowest BCUT2D eigenvalue weighted by atomic mass is 9.48. The highest BCUT2D eigenvalue weighted by Crippen LogP contribution is 2.64. The average molecular weight is 376 g/mol. The first-order valence-electron chi connectivity index (χ1n) is 9.51. The number of carbonyl (C=O) groups is 1. The van der Waals surface area contributed by atoms with Gasteiger partial charge in [-0.2, -0.15) is 0 Å². The van der Waals surface area contributed by atoms with E-state index < -0.39 is 6.10 Å². The number of hydrogen-bond donors (Lipinski definition) is 1. The predicted octanol–water partition coefficient (Wildman–Crippen LogP) is 3.24. The zero-order valence-electron chi connectivity index (χ0n) is 15.1. The number of ether oxygens (including phenoxy) is 1. The van der Waals surface area contributed by atoms with Crippen LogP contribution in [0.15, 0.2) is 24.8 Å². The molecular formula is C21H26ClNO3. The molecule has 1 aromatic rings. The van der Waals surface area contributed by atoms with E-state index in [0.717, 1.165) is 37.9 Å². The molecule has 1 spiro atoms. The highest BCUT2D eigenvalue weighted by molar-refractivity contribution is 5.89. The van der Waals surface area contributed by atoms with Gasteiger partial charge in [0.25, 0.3) is 0 Å². The van der Waals surface area contributed by atoms with Gasteiger partial charge >= 0.3 is 0 Å². The third kappa shape index (κ3) is 1.97. The minimum atomic E-state index is -0.406. The van der Waals surface area contributed by atoms with Crippen molar-refractivity contribution in [3.8, 4) is 11.5 Å². The lowest BCUT2D eigenvalue weighted by Gasteiger charge is -2.60. The van der Waals surface area contributed by atoms with Crippen molar-refractivity contribution in [2.45, 2.75) is 50.2 Å². The van der Waals surface area contributed by atoms with Crippen LogP contribution in [-0.2, 0) is 16.6 Å². The molecule has 1 saturated carbocycles. The fraction of sp³-hybridized carbons (Fsp3) is 0.571. The van der Waals surface area contributed by atoms with E-state index in [1.165, 1.54) is 5.56 Å². The number of hydrogen-bond acceptors (Lipinski definition) is 4. The number of aromatic hydroxyl groups is 1. The van der Waals surface area contributed by atoms with Gasteiger partial charge in [0.15, 0.2) is 23.4 Å². The van der Waals surface area contributed by atoms with E-state index in [1.54, 1.807) is 6.07 Å². The molecule has 1 N–H and O–H groups in total. The topological polar surface area (TPSA) is 49.8 Å². The number of Topliss-reactive ketones (excluding diaryl/α,β-unsaturated/α-hetero) is 1. The number of ketones is 1. The van der Waals surface area contributed by atoms with Crippen LogP contribution in [0.2, 0.25) is 0 Å². The van der Waals surface area contributed by atoms with E-state index in [1.807, 2.05) is 12.1 Å². The van der Waals surface area contributed by atoms with Crippen LogP contribution < -0.4 is 4.74 Å². The Balaban J connectivity index is 0.00000168. The maximum Gasteiger partial charge on any atom is 0.174 e. The molecule has 0 amide bonds. The van der Waals surface area contributed by atoms with Gasteiger partial charge in [0.2, 0.25) is 0 Å². The number of carbonyl (C=O) groups excluding carboxylic acids is 1. The standard InChI is InChI=1S/C21H25NO3.ClH/c1-3-8-22-9-7-21-17-12(4-2)11-16(24)20(21)25-19-15(23)6-5-13(18(19)21)10-14(17)22;/h3,5-6,12,14,17,20,23H,1,4,7-11H2,2H3;1H/t12?,14-,17+,20?,21+;/m1./s1. The van der Waals surface area contributed by atoms with E-state index >= 15 is 0 Å². The van der Waals surface area contributed by atoms with Crippen LogP contribution in [-0.4, -0.2) is 41.0 Å². The van der Waals surface area contributed by atoms with Gasteiger partial charge in [0, 0.05) is 30.0 Å². The summed E-state index contributed by atoms with van der Waals surface area (Å²) in [6, 6.07) is 4.21. The molecule has 2 heterocycles. The second-order valence-corrected chi connectivity index (χ2v) is 8.16. The molecule has 5 rings (SSSR count). The number of phenolic OH excluding ortho intramolecular Hbond substituents is 1. The third-order valence-electron chi connectivity index (χ3n) is 7.26. The largest absolute Gasteiger partial charge is 0.504 e. The van der Waals surface area contributed by atoms with E-state index in [9.17, 15) is 9.90 Å². The van der Waals surface area contributed by atoms with Crippen LogP contribution in [0.25, 0.3) is 0 Å². The van der Waals surface area contributed by atoms with Gasteiger partial charge < -0.3 is 9.84 Å². The first kappa shape index (κ1) is 17.9. The Kier molecular flexibility index (Phi) is 4.12. The molecule has 5 heteroatoms. The minimum absolute atomic E-state index is 0. The Morgan fingerprint density at radius 3 is 2.96 bits per heavy atom. The van der Waals surface area contributed by atoms with Gasteiger partial charge in [-0.1, -0.05) is 25.5 Å². The van der Waals surface area contributed by atoms with Crippen molar-refractivity contribution in [2.75, 3.05) is 13.1 Å². The summed E-state index contributed by atoms with van der Waals surface area (Å²) in [5.74, 6) is 1.82. The molecule has 2 aliphatic carbocycles. The lowest BCUT2D eigenvalue weighted by molar-refractivity contribution is -0.144. The van der Waals surface area contributed by atoms with Gasteiger partial charge in [0.05, 0.1) is 0 Å². The number of likely N-dealkylation sites (tertiary alicyclic amines) is 1. The summed E-state index contributed by atoms with van der Waals surface area (Å²) in [6.45, 7) is 8.01. The van der Waals surface area contributed by atoms with Crippen molar-refractivity contribution in [1.29, 1.82) is 0 Å². The molecule has 1 aromatic carbocycles. The van der Waals surface area contributed by atoms with Crippen molar-refractivity contribution >= 4 is 18.2 Å². The smallest absolute Gasteiger partial charge is 0.174 e. The van der Waals surface area contributed by atoms with E-state index in [-0.39, 0.29) is 29.4 Å². The monoisotopic (exact) mass is 375 g/mol. The van der Waals surface area contributed by atoms with Crippen molar-refractivity contribution in [1.82, 2.24) is 4.90 Å². The molecule has 2 unspecified atom stereocenters. The SMILES string of the molecule is C=CCN1CC[C@]23c4c5ccc(O)c4OC2C(=O)CC(CC)[C@H]3[C@H]1C5.Cl. The first-order chi connectivity index (χ1) is 12.1. The zero-order valence-corrected chi connectivity index (χ0v) is 15.9. The Morgan fingerprint density at radius 2 is 2.23 bits per heavy atom. The molecule has 5 atom stereocenters. The highest BCUT2D eigenvalue weighted by Gasteiger charge is 2.67. The molecular weight excluding hydrogens is 350 g/mol. The second kappa shape index (κ2) is 6.00. The Morgan fingerprint density at radius 1 is 1.42 bits per heavy atom. The van der Waals surface area contributed by atoms with Gasteiger partial charge in [-0.15, -0.1) is 19.0 Å². The Hall–Kier alpha value is -1.52. The second-order valence-electron chi connectivity index (χ2n) is 8.16. The van der Waals surface area contributed by atoms with Crippen LogP contribution in [0.4, 0.5) is 0 Å². The number of rotatable bonds is 3. The summed E-state index contributed by atoms with van der Waals surface area (Å²) in [6.07, 6.45) is 5.12. The van der Waals surface area contributed by atoms with E-state index in [2.05, 4.69) is 18.4 Å². The number of halogens is 1. The summed E-state index contributed by atoms with van der Waals surface area (Å²) >= 11 is 0. The van der Waals surface area contributed by atoms with Gasteiger partial charge in [-0.25, -0.2) is 0 Å². The molecule has 4 nitrogen and oxygen atoms in total.